The summed E-state index contributed by atoms with van der Waals surface area (Å²) in [6.45, 7) is 3.72. The van der Waals surface area contributed by atoms with Crippen LogP contribution >= 0.6 is 0 Å². The van der Waals surface area contributed by atoms with Gasteiger partial charge < -0.3 is 19.3 Å². The Hall–Kier alpha value is -2.62. The van der Waals surface area contributed by atoms with Crippen molar-refractivity contribution in [2.75, 3.05) is 64.5 Å². The summed E-state index contributed by atoms with van der Waals surface area (Å²) < 4.78 is 38.2. The SMILES string of the molecule is COc1ccc(N2CCN(C(=O)c3ccccc3S(=O)(=O)N3CCOCC3)CC2)cc1. The number of hydrogen-bond donors (Lipinski definition) is 0. The minimum absolute atomic E-state index is 0.0690. The number of carbonyl (C=O) groups is 1. The zero-order chi connectivity index (χ0) is 21.8. The number of ether oxygens (including phenoxy) is 2. The van der Waals surface area contributed by atoms with Crippen LogP contribution in [0.2, 0.25) is 0 Å². The first-order chi connectivity index (χ1) is 15.0. The molecule has 0 radical (unpaired) electrons. The van der Waals surface area contributed by atoms with Crippen LogP contribution in [0.25, 0.3) is 0 Å². The Morgan fingerprint density at radius 1 is 0.903 bits per heavy atom. The van der Waals surface area contributed by atoms with Crippen molar-refractivity contribution >= 4 is 21.6 Å². The van der Waals surface area contributed by atoms with E-state index in [0.29, 0.717) is 52.5 Å². The van der Waals surface area contributed by atoms with Gasteiger partial charge in [-0.3, -0.25) is 4.79 Å². The highest BCUT2D eigenvalue weighted by Crippen LogP contribution is 2.24. The first kappa shape index (κ1) is 21.6. The molecule has 166 valence electrons. The molecule has 0 aliphatic carbocycles. The highest BCUT2D eigenvalue weighted by Gasteiger charge is 2.32. The molecular formula is C22H27N3O5S. The zero-order valence-electron chi connectivity index (χ0n) is 17.6. The van der Waals surface area contributed by atoms with Crippen molar-refractivity contribution in [3.8, 4) is 5.75 Å². The number of piperazine rings is 1. The number of methoxy groups -OCH3 is 1. The van der Waals surface area contributed by atoms with Gasteiger partial charge in [-0.15, -0.1) is 0 Å². The number of sulfonamides is 1. The maximum absolute atomic E-state index is 13.3. The fourth-order valence-corrected chi connectivity index (χ4v) is 5.52. The van der Waals surface area contributed by atoms with Crippen LogP contribution in [0.1, 0.15) is 10.4 Å². The van der Waals surface area contributed by atoms with Gasteiger partial charge in [0.2, 0.25) is 10.0 Å². The maximum atomic E-state index is 13.3. The Bertz CT molecular complexity index is 1010. The summed E-state index contributed by atoms with van der Waals surface area (Å²) in [5.41, 5.74) is 1.30. The Morgan fingerprint density at radius 3 is 2.19 bits per heavy atom. The first-order valence-corrected chi connectivity index (χ1v) is 11.8. The Balaban J connectivity index is 1.48. The third kappa shape index (κ3) is 4.53. The summed E-state index contributed by atoms with van der Waals surface area (Å²) in [4.78, 5) is 17.3. The molecule has 0 bridgehead atoms. The van der Waals surface area contributed by atoms with Gasteiger partial charge in [-0.05, 0) is 36.4 Å². The average Bonchev–Trinajstić information content (AvgIpc) is 2.84. The molecule has 0 saturated carbocycles. The number of anilines is 1. The predicted octanol–water partition coefficient (Wildman–Crippen LogP) is 1.68. The molecule has 2 aliphatic heterocycles. The van der Waals surface area contributed by atoms with Crippen LogP contribution in [0.3, 0.4) is 0 Å². The van der Waals surface area contributed by atoms with E-state index in [9.17, 15) is 13.2 Å². The number of hydrogen-bond acceptors (Lipinski definition) is 6. The van der Waals surface area contributed by atoms with Gasteiger partial charge in [0.05, 0.1) is 30.8 Å². The monoisotopic (exact) mass is 445 g/mol. The third-order valence-electron chi connectivity index (χ3n) is 5.71. The summed E-state index contributed by atoms with van der Waals surface area (Å²) in [5.74, 6) is 0.553. The van der Waals surface area contributed by atoms with E-state index in [1.807, 2.05) is 24.3 Å². The summed E-state index contributed by atoms with van der Waals surface area (Å²) >= 11 is 0. The molecule has 0 atom stereocenters. The van der Waals surface area contributed by atoms with Crippen LogP contribution in [0.15, 0.2) is 53.4 Å². The van der Waals surface area contributed by atoms with Gasteiger partial charge >= 0.3 is 0 Å². The predicted molar refractivity (Wildman–Crippen MR) is 117 cm³/mol. The van der Waals surface area contributed by atoms with E-state index in [1.54, 1.807) is 30.2 Å². The van der Waals surface area contributed by atoms with E-state index in [2.05, 4.69) is 4.90 Å². The van der Waals surface area contributed by atoms with Crippen molar-refractivity contribution in [3.05, 3.63) is 54.1 Å². The Kier molecular flexibility index (Phi) is 6.45. The van der Waals surface area contributed by atoms with Crippen molar-refractivity contribution in [3.63, 3.8) is 0 Å². The minimum atomic E-state index is -3.75. The van der Waals surface area contributed by atoms with Gasteiger partial charge in [0.15, 0.2) is 0 Å². The minimum Gasteiger partial charge on any atom is -0.497 e. The highest BCUT2D eigenvalue weighted by molar-refractivity contribution is 7.89. The molecule has 2 heterocycles. The molecule has 31 heavy (non-hydrogen) atoms. The summed E-state index contributed by atoms with van der Waals surface area (Å²) in [6.07, 6.45) is 0. The molecule has 9 heteroatoms. The fourth-order valence-electron chi connectivity index (χ4n) is 3.93. The van der Waals surface area contributed by atoms with Gasteiger partial charge in [0, 0.05) is 45.0 Å². The van der Waals surface area contributed by atoms with Crippen molar-refractivity contribution < 1.29 is 22.7 Å². The van der Waals surface area contributed by atoms with E-state index in [0.717, 1.165) is 11.4 Å². The lowest BCUT2D eigenvalue weighted by atomic mass is 10.1. The maximum Gasteiger partial charge on any atom is 0.255 e. The van der Waals surface area contributed by atoms with Crippen molar-refractivity contribution in [1.82, 2.24) is 9.21 Å². The largest absolute Gasteiger partial charge is 0.497 e. The molecule has 2 aromatic carbocycles. The van der Waals surface area contributed by atoms with Gasteiger partial charge in [-0.25, -0.2) is 8.42 Å². The van der Waals surface area contributed by atoms with E-state index in [4.69, 9.17) is 9.47 Å². The van der Waals surface area contributed by atoms with E-state index in [1.165, 1.54) is 10.4 Å². The third-order valence-corrected chi connectivity index (χ3v) is 7.67. The number of amides is 1. The molecule has 2 aromatic rings. The Morgan fingerprint density at radius 2 is 1.55 bits per heavy atom. The van der Waals surface area contributed by atoms with E-state index in [-0.39, 0.29) is 16.4 Å². The van der Waals surface area contributed by atoms with Crippen LogP contribution in [-0.4, -0.2) is 83.1 Å². The molecule has 8 nitrogen and oxygen atoms in total. The summed E-state index contributed by atoms with van der Waals surface area (Å²) in [7, 11) is -2.12. The zero-order valence-corrected chi connectivity index (χ0v) is 18.4. The van der Waals surface area contributed by atoms with Crippen molar-refractivity contribution in [2.24, 2.45) is 0 Å². The van der Waals surface area contributed by atoms with E-state index < -0.39 is 10.0 Å². The summed E-state index contributed by atoms with van der Waals surface area (Å²) in [5, 5.41) is 0. The smallest absolute Gasteiger partial charge is 0.255 e. The van der Waals surface area contributed by atoms with Gasteiger partial charge in [0.25, 0.3) is 5.91 Å². The molecule has 1 amide bonds. The molecular weight excluding hydrogens is 418 g/mol. The number of nitrogens with zero attached hydrogens (tertiary/aromatic N) is 3. The first-order valence-electron chi connectivity index (χ1n) is 10.4. The van der Waals surface area contributed by atoms with Crippen LogP contribution in [-0.2, 0) is 14.8 Å². The lowest BCUT2D eigenvalue weighted by molar-refractivity contribution is 0.0722. The lowest BCUT2D eigenvalue weighted by Crippen LogP contribution is -2.49. The van der Waals surface area contributed by atoms with Crippen molar-refractivity contribution in [1.29, 1.82) is 0 Å². The number of rotatable bonds is 5. The van der Waals surface area contributed by atoms with Gasteiger partial charge in [-0.2, -0.15) is 4.31 Å². The quantitative estimate of drug-likeness (QED) is 0.697. The second kappa shape index (κ2) is 9.25. The van der Waals surface area contributed by atoms with Crippen LogP contribution < -0.4 is 9.64 Å². The van der Waals surface area contributed by atoms with Gasteiger partial charge in [-0.1, -0.05) is 12.1 Å². The number of benzene rings is 2. The Labute approximate surface area is 183 Å². The molecule has 2 aliphatic rings. The number of carbonyl (C=O) groups excluding carboxylic acids is 1. The average molecular weight is 446 g/mol. The standard InChI is InChI=1S/C22H27N3O5S/c1-29-19-8-6-18(7-9-19)23-10-12-24(13-11-23)22(26)20-4-2-3-5-21(20)31(27,28)25-14-16-30-17-15-25/h2-9H,10-17H2,1H3. The number of morpholine rings is 1. The molecule has 0 unspecified atom stereocenters. The normalized spacial score (nSPS) is 18.1. The molecule has 0 aromatic heterocycles. The molecule has 0 N–H and O–H groups in total. The van der Waals surface area contributed by atoms with Crippen LogP contribution in [0.5, 0.6) is 5.75 Å². The molecule has 4 rings (SSSR count). The second-order valence-electron chi connectivity index (χ2n) is 7.49. The van der Waals surface area contributed by atoms with Crippen LogP contribution in [0, 0.1) is 0 Å². The lowest BCUT2D eigenvalue weighted by Gasteiger charge is -2.36. The molecule has 0 spiro atoms. The van der Waals surface area contributed by atoms with Gasteiger partial charge in [0.1, 0.15) is 5.75 Å². The second-order valence-corrected chi connectivity index (χ2v) is 9.40. The fraction of sp³-hybridized carbons (Fsp3) is 0.409. The summed E-state index contributed by atoms with van der Waals surface area (Å²) in [6, 6.07) is 14.3. The highest BCUT2D eigenvalue weighted by atomic mass is 32.2. The van der Waals surface area contributed by atoms with E-state index >= 15 is 0 Å². The van der Waals surface area contributed by atoms with Crippen molar-refractivity contribution in [2.45, 2.75) is 4.90 Å². The van der Waals surface area contributed by atoms with Crippen LogP contribution in [0.4, 0.5) is 5.69 Å². The topological polar surface area (TPSA) is 79.4 Å². The molecule has 2 fully saturated rings. The molecule has 2 saturated heterocycles.